The number of anilines is 2. The van der Waals surface area contributed by atoms with Crippen LogP contribution in [0.2, 0.25) is 0 Å². The SMILES string of the molecule is CCNc1cc(N(C)C(C)c2ccccc2F)nc(C)n1. The van der Waals surface area contributed by atoms with Crippen molar-refractivity contribution in [3.8, 4) is 0 Å². The van der Waals surface area contributed by atoms with Gasteiger partial charge in [0, 0.05) is 25.2 Å². The normalized spacial score (nSPS) is 12.0. The predicted molar refractivity (Wildman–Crippen MR) is 84.2 cm³/mol. The van der Waals surface area contributed by atoms with E-state index < -0.39 is 0 Å². The fourth-order valence-electron chi connectivity index (χ4n) is 2.23. The number of benzene rings is 1. The molecule has 0 fully saturated rings. The van der Waals surface area contributed by atoms with Crippen LogP contribution in [0.5, 0.6) is 0 Å². The molecule has 0 bridgehead atoms. The van der Waals surface area contributed by atoms with Gasteiger partial charge in [-0.05, 0) is 26.8 Å². The highest BCUT2D eigenvalue weighted by Crippen LogP contribution is 2.26. The van der Waals surface area contributed by atoms with Gasteiger partial charge in [0.15, 0.2) is 0 Å². The summed E-state index contributed by atoms with van der Waals surface area (Å²) in [4.78, 5) is 10.7. The van der Waals surface area contributed by atoms with Crippen LogP contribution in [0.25, 0.3) is 0 Å². The first-order valence-corrected chi connectivity index (χ1v) is 7.09. The van der Waals surface area contributed by atoms with Gasteiger partial charge in [-0.2, -0.15) is 0 Å². The number of nitrogens with one attached hydrogen (secondary N) is 1. The Morgan fingerprint density at radius 3 is 2.67 bits per heavy atom. The van der Waals surface area contributed by atoms with Crippen LogP contribution in [0.4, 0.5) is 16.0 Å². The van der Waals surface area contributed by atoms with Crippen molar-refractivity contribution in [2.24, 2.45) is 0 Å². The van der Waals surface area contributed by atoms with Crippen molar-refractivity contribution in [1.29, 1.82) is 0 Å². The average molecular weight is 288 g/mol. The zero-order valence-corrected chi connectivity index (χ0v) is 12.9. The van der Waals surface area contributed by atoms with E-state index in [-0.39, 0.29) is 11.9 Å². The highest BCUT2D eigenvalue weighted by atomic mass is 19.1. The molecule has 4 nitrogen and oxygen atoms in total. The molecular weight excluding hydrogens is 267 g/mol. The van der Waals surface area contributed by atoms with Crippen LogP contribution in [-0.2, 0) is 0 Å². The van der Waals surface area contributed by atoms with Gasteiger partial charge < -0.3 is 10.2 Å². The second kappa shape index (κ2) is 6.52. The first-order chi connectivity index (χ1) is 10.0. The molecule has 0 saturated heterocycles. The Bertz CT molecular complexity index is 615. The van der Waals surface area contributed by atoms with Gasteiger partial charge in [0.1, 0.15) is 23.3 Å². The molecule has 0 aliphatic rings. The number of aromatic nitrogens is 2. The highest BCUT2D eigenvalue weighted by Gasteiger charge is 2.17. The summed E-state index contributed by atoms with van der Waals surface area (Å²) in [6.45, 7) is 6.62. The van der Waals surface area contributed by atoms with E-state index in [1.165, 1.54) is 6.07 Å². The van der Waals surface area contributed by atoms with Gasteiger partial charge >= 0.3 is 0 Å². The summed E-state index contributed by atoms with van der Waals surface area (Å²) < 4.78 is 13.9. The van der Waals surface area contributed by atoms with E-state index in [4.69, 9.17) is 0 Å². The summed E-state index contributed by atoms with van der Waals surface area (Å²) >= 11 is 0. The van der Waals surface area contributed by atoms with Gasteiger partial charge in [0.25, 0.3) is 0 Å². The molecule has 1 aromatic carbocycles. The smallest absolute Gasteiger partial charge is 0.134 e. The lowest BCUT2D eigenvalue weighted by Crippen LogP contribution is -2.24. The lowest BCUT2D eigenvalue weighted by Gasteiger charge is -2.27. The molecule has 0 aliphatic carbocycles. The Labute approximate surface area is 125 Å². The Balaban J connectivity index is 2.31. The molecule has 2 aromatic rings. The van der Waals surface area contributed by atoms with Crippen molar-refractivity contribution < 1.29 is 4.39 Å². The van der Waals surface area contributed by atoms with Crippen LogP contribution in [0.3, 0.4) is 0 Å². The van der Waals surface area contributed by atoms with Crippen LogP contribution < -0.4 is 10.2 Å². The number of hydrogen-bond acceptors (Lipinski definition) is 4. The number of rotatable bonds is 5. The lowest BCUT2D eigenvalue weighted by atomic mass is 10.1. The van der Waals surface area contributed by atoms with E-state index in [2.05, 4.69) is 15.3 Å². The van der Waals surface area contributed by atoms with Gasteiger partial charge in [-0.1, -0.05) is 18.2 Å². The van der Waals surface area contributed by atoms with Crippen molar-refractivity contribution in [3.63, 3.8) is 0 Å². The minimum atomic E-state index is -0.200. The maximum Gasteiger partial charge on any atom is 0.134 e. The van der Waals surface area contributed by atoms with E-state index in [1.54, 1.807) is 12.1 Å². The zero-order valence-electron chi connectivity index (χ0n) is 12.9. The van der Waals surface area contributed by atoms with Gasteiger partial charge in [0.05, 0.1) is 6.04 Å². The van der Waals surface area contributed by atoms with Crippen LogP contribution in [0.1, 0.15) is 31.3 Å². The monoisotopic (exact) mass is 288 g/mol. The first-order valence-electron chi connectivity index (χ1n) is 7.09. The molecule has 1 N–H and O–H groups in total. The van der Waals surface area contributed by atoms with E-state index in [9.17, 15) is 4.39 Å². The maximum absolute atomic E-state index is 13.9. The summed E-state index contributed by atoms with van der Waals surface area (Å²) in [6.07, 6.45) is 0. The maximum atomic E-state index is 13.9. The molecule has 1 heterocycles. The first kappa shape index (κ1) is 15.2. The Kier molecular flexibility index (Phi) is 4.73. The fraction of sp³-hybridized carbons (Fsp3) is 0.375. The number of halogens is 1. The van der Waals surface area contributed by atoms with Gasteiger partial charge in [0.2, 0.25) is 0 Å². The van der Waals surface area contributed by atoms with Crippen molar-refractivity contribution in [3.05, 3.63) is 47.5 Å². The van der Waals surface area contributed by atoms with Crippen LogP contribution in [-0.4, -0.2) is 23.6 Å². The van der Waals surface area contributed by atoms with Gasteiger partial charge in [-0.15, -0.1) is 0 Å². The van der Waals surface area contributed by atoms with Gasteiger partial charge in [-0.25, -0.2) is 14.4 Å². The second-order valence-corrected chi connectivity index (χ2v) is 5.00. The molecular formula is C16H21FN4. The highest BCUT2D eigenvalue weighted by molar-refractivity contribution is 5.50. The molecule has 0 amide bonds. The summed E-state index contributed by atoms with van der Waals surface area (Å²) in [5, 5.41) is 3.18. The standard InChI is InChI=1S/C16H21FN4/c1-5-18-15-10-16(20-12(3)19-15)21(4)11(2)13-8-6-7-9-14(13)17/h6-11H,5H2,1-4H3,(H,18,19,20). The summed E-state index contributed by atoms with van der Waals surface area (Å²) in [5.41, 5.74) is 0.654. The van der Waals surface area contributed by atoms with Crippen LogP contribution in [0, 0.1) is 12.7 Å². The third kappa shape index (κ3) is 3.48. The molecule has 0 radical (unpaired) electrons. The number of hydrogen-bond donors (Lipinski definition) is 1. The molecule has 0 saturated carbocycles. The molecule has 1 unspecified atom stereocenters. The van der Waals surface area contributed by atoms with E-state index in [1.807, 2.05) is 44.9 Å². The van der Waals surface area contributed by atoms with Crippen LogP contribution >= 0.6 is 0 Å². The molecule has 0 spiro atoms. The summed E-state index contributed by atoms with van der Waals surface area (Å²) in [5.74, 6) is 2.05. The van der Waals surface area contributed by atoms with Crippen molar-refractivity contribution >= 4 is 11.6 Å². The van der Waals surface area contributed by atoms with Crippen molar-refractivity contribution in [2.75, 3.05) is 23.8 Å². The average Bonchev–Trinajstić information content (AvgIpc) is 2.46. The Hall–Kier alpha value is -2.17. The van der Waals surface area contributed by atoms with Gasteiger partial charge in [-0.3, -0.25) is 0 Å². The predicted octanol–water partition coefficient (Wildman–Crippen LogP) is 3.55. The topological polar surface area (TPSA) is 41.0 Å². The fourth-order valence-corrected chi connectivity index (χ4v) is 2.23. The van der Waals surface area contributed by atoms with E-state index in [0.29, 0.717) is 11.4 Å². The van der Waals surface area contributed by atoms with Crippen molar-refractivity contribution in [2.45, 2.75) is 26.8 Å². The quantitative estimate of drug-likeness (QED) is 0.913. The third-order valence-corrected chi connectivity index (χ3v) is 3.48. The summed E-state index contributed by atoms with van der Waals surface area (Å²) in [6, 6.07) is 8.59. The molecule has 1 atom stereocenters. The summed E-state index contributed by atoms with van der Waals surface area (Å²) in [7, 11) is 1.91. The Morgan fingerprint density at radius 1 is 1.29 bits per heavy atom. The molecule has 1 aromatic heterocycles. The largest absolute Gasteiger partial charge is 0.370 e. The molecule has 21 heavy (non-hydrogen) atoms. The molecule has 112 valence electrons. The minimum Gasteiger partial charge on any atom is -0.370 e. The molecule has 5 heteroatoms. The van der Waals surface area contributed by atoms with E-state index in [0.717, 1.165) is 18.2 Å². The molecule has 0 aliphatic heterocycles. The third-order valence-electron chi connectivity index (χ3n) is 3.48. The minimum absolute atomic E-state index is 0.116. The zero-order chi connectivity index (χ0) is 15.4. The number of nitrogens with zero attached hydrogens (tertiary/aromatic N) is 3. The van der Waals surface area contributed by atoms with Crippen molar-refractivity contribution in [1.82, 2.24) is 9.97 Å². The molecule has 2 rings (SSSR count). The second-order valence-electron chi connectivity index (χ2n) is 5.00. The van der Waals surface area contributed by atoms with Crippen LogP contribution in [0.15, 0.2) is 30.3 Å². The lowest BCUT2D eigenvalue weighted by molar-refractivity contribution is 0.584. The Morgan fingerprint density at radius 2 is 2.00 bits per heavy atom. The van der Waals surface area contributed by atoms with E-state index >= 15 is 0 Å². The number of aryl methyl sites for hydroxylation is 1.